The summed E-state index contributed by atoms with van der Waals surface area (Å²) in [6.07, 6.45) is 2.92. The fraction of sp³-hybridized carbons (Fsp3) is 0.455. The van der Waals surface area contributed by atoms with Gasteiger partial charge in [0.05, 0.1) is 19.5 Å². The highest BCUT2D eigenvalue weighted by Gasteiger charge is 2.18. The number of hydrogen-bond donors (Lipinski definition) is 1. The highest BCUT2D eigenvalue weighted by molar-refractivity contribution is 5.84. The molecule has 1 fully saturated rings. The number of hydrogen-bond acceptors (Lipinski definition) is 6. The number of carbonyl (C=O) groups is 1. The smallest absolute Gasteiger partial charge is 0.323 e. The Hall–Kier alpha value is -2.22. The first kappa shape index (κ1) is 11.8. The number of aromatic nitrogens is 4. The minimum atomic E-state index is -0.925. The van der Waals surface area contributed by atoms with Crippen molar-refractivity contribution in [3.8, 4) is 0 Å². The molecule has 3 rings (SSSR count). The summed E-state index contributed by atoms with van der Waals surface area (Å²) in [5.41, 5.74) is 1.17. The first-order chi connectivity index (χ1) is 9.25. The Balaban J connectivity index is 2.01. The highest BCUT2D eigenvalue weighted by atomic mass is 16.5. The van der Waals surface area contributed by atoms with E-state index in [2.05, 4.69) is 19.9 Å². The molecule has 100 valence electrons. The largest absolute Gasteiger partial charge is 0.480 e. The van der Waals surface area contributed by atoms with E-state index < -0.39 is 5.97 Å². The van der Waals surface area contributed by atoms with Crippen LogP contribution in [0.2, 0.25) is 0 Å². The van der Waals surface area contributed by atoms with Gasteiger partial charge in [0.25, 0.3) is 0 Å². The van der Waals surface area contributed by atoms with E-state index in [-0.39, 0.29) is 6.54 Å². The van der Waals surface area contributed by atoms with Crippen molar-refractivity contribution in [1.82, 2.24) is 19.5 Å². The van der Waals surface area contributed by atoms with Crippen molar-refractivity contribution in [1.29, 1.82) is 0 Å². The van der Waals surface area contributed by atoms with Gasteiger partial charge in [-0.05, 0) is 0 Å². The number of anilines is 1. The van der Waals surface area contributed by atoms with Crippen LogP contribution in [-0.2, 0) is 16.1 Å². The topological polar surface area (TPSA) is 93.4 Å². The lowest BCUT2D eigenvalue weighted by Crippen LogP contribution is -2.37. The fourth-order valence-corrected chi connectivity index (χ4v) is 2.14. The fourth-order valence-electron chi connectivity index (χ4n) is 2.14. The highest BCUT2D eigenvalue weighted by Crippen LogP contribution is 2.21. The SMILES string of the molecule is O=C(O)Cn1cnc2c(N3CCOCC3)ncnc21. The van der Waals surface area contributed by atoms with Gasteiger partial charge in [0.15, 0.2) is 17.0 Å². The molecule has 1 aliphatic heterocycles. The molecular weight excluding hydrogens is 250 g/mol. The van der Waals surface area contributed by atoms with E-state index in [9.17, 15) is 4.79 Å². The monoisotopic (exact) mass is 263 g/mol. The lowest BCUT2D eigenvalue weighted by atomic mass is 10.4. The summed E-state index contributed by atoms with van der Waals surface area (Å²) >= 11 is 0. The van der Waals surface area contributed by atoms with Gasteiger partial charge in [-0.1, -0.05) is 0 Å². The molecule has 3 heterocycles. The Bertz CT molecular complexity index is 605. The molecule has 2 aromatic heterocycles. The lowest BCUT2D eigenvalue weighted by molar-refractivity contribution is -0.137. The molecule has 0 saturated carbocycles. The summed E-state index contributed by atoms with van der Waals surface area (Å²) in [4.78, 5) is 25.5. The van der Waals surface area contributed by atoms with Crippen molar-refractivity contribution in [2.75, 3.05) is 31.2 Å². The first-order valence-electron chi connectivity index (χ1n) is 5.96. The third-order valence-electron chi connectivity index (χ3n) is 3.00. The Kier molecular flexibility index (Phi) is 3.00. The van der Waals surface area contributed by atoms with E-state index in [0.29, 0.717) is 24.4 Å². The second-order valence-electron chi connectivity index (χ2n) is 4.24. The minimum absolute atomic E-state index is 0.157. The van der Waals surface area contributed by atoms with Crippen LogP contribution < -0.4 is 4.90 Å². The number of aliphatic carboxylic acids is 1. The second kappa shape index (κ2) is 4.81. The average molecular weight is 263 g/mol. The number of carboxylic acids is 1. The Morgan fingerprint density at radius 3 is 2.84 bits per heavy atom. The number of rotatable bonds is 3. The van der Waals surface area contributed by atoms with Crippen LogP contribution in [0.25, 0.3) is 11.2 Å². The molecule has 19 heavy (non-hydrogen) atoms. The van der Waals surface area contributed by atoms with Gasteiger partial charge >= 0.3 is 5.97 Å². The van der Waals surface area contributed by atoms with Gasteiger partial charge in [0.2, 0.25) is 0 Å². The summed E-state index contributed by atoms with van der Waals surface area (Å²) < 4.78 is 6.81. The van der Waals surface area contributed by atoms with E-state index in [1.807, 2.05) is 0 Å². The summed E-state index contributed by atoms with van der Waals surface area (Å²) in [6, 6.07) is 0. The molecule has 0 aliphatic carbocycles. The van der Waals surface area contributed by atoms with Crippen molar-refractivity contribution in [3.05, 3.63) is 12.7 Å². The van der Waals surface area contributed by atoms with Gasteiger partial charge in [0.1, 0.15) is 12.9 Å². The number of nitrogens with zero attached hydrogens (tertiary/aromatic N) is 5. The van der Waals surface area contributed by atoms with E-state index in [4.69, 9.17) is 9.84 Å². The van der Waals surface area contributed by atoms with Gasteiger partial charge in [-0.15, -0.1) is 0 Å². The molecule has 8 heteroatoms. The molecular formula is C11H13N5O3. The van der Waals surface area contributed by atoms with Crippen LogP contribution in [-0.4, -0.2) is 56.9 Å². The van der Waals surface area contributed by atoms with Crippen LogP contribution in [0.4, 0.5) is 5.82 Å². The van der Waals surface area contributed by atoms with Crippen molar-refractivity contribution in [3.63, 3.8) is 0 Å². The number of ether oxygens (including phenoxy) is 1. The standard InChI is InChI=1S/C11H13N5O3/c17-8(18)5-16-7-14-9-10(12-6-13-11(9)16)15-1-3-19-4-2-15/h6-7H,1-5H2,(H,17,18). The maximum absolute atomic E-state index is 10.8. The molecule has 0 atom stereocenters. The van der Waals surface area contributed by atoms with Crippen LogP contribution in [0.1, 0.15) is 0 Å². The zero-order valence-electron chi connectivity index (χ0n) is 10.2. The van der Waals surface area contributed by atoms with Crippen molar-refractivity contribution in [2.45, 2.75) is 6.54 Å². The van der Waals surface area contributed by atoms with Gasteiger partial charge in [-0.3, -0.25) is 4.79 Å². The molecule has 1 aliphatic rings. The third-order valence-corrected chi connectivity index (χ3v) is 3.00. The predicted octanol–water partition coefficient (Wildman–Crippen LogP) is -0.252. The summed E-state index contributed by atoms with van der Waals surface area (Å²) in [7, 11) is 0. The molecule has 8 nitrogen and oxygen atoms in total. The summed E-state index contributed by atoms with van der Waals surface area (Å²) in [5.74, 6) is -0.191. The molecule has 2 aromatic rings. The van der Waals surface area contributed by atoms with Gasteiger partial charge in [-0.25, -0.2) is 15.0 Å². The normalized spacial score (nSPS) is 15.9. The van der Waals surface area contributed by atoms with E-state index in [0.717, 1.165) is 18.9 Å². The molecule has 0 aromatic carbocycles. The lowest BCUT2D eigenvalue weighted by Gasteiger charge is -2.27. The van der Waals surface area contributed by atoms with Crippen molar-refractivity contribution in [2.24, 2.45) is 0 Å². The molecule has 0 bridgehead atoms. The quantitative estimate of drug-likeness (QED) is 0.815. The number of carboxylic acid groups (broad SMARTS) is 1. The Labute approximate surface area is 108 Å². The maximum Gasteiger partial charge on any atom is 0.323 e. The van der Waals surface area contributed by atoms with Gasteiger partial charge in [0, 0.05) is 13.1 Å². The molecule has 0 amide bonds. The second-order valence-corrected chi connectivity index (χ2v) is 4.24. The van der Waals surface area contributed by atoms with Gasteiger partial charge < -0.3 is 19.3 Å². The van der Waals surface area contributed by atoms with Crippen molar-refractivity contribution >= 4 is 23.0 Å². The van der Waals surface area contributed by atoms with Crippen LogP contribution in [0, 0.1) is 0 Å². The number of imidazole rings is 1. The molecule has 1 N–H and O–H groups in total. The summed E-state index contributed by atoms with van der Waals surface area (Å²) in [6.45, 7) is 2.65. The Morgan fingerprint density at radius 2 is 2.11 bits per heavy atom. The zero-order chi connectivity index (χ0) is 13.2. The van der Waals surface area contributed by atoms with Crippen LogP contribution >= 0.6 is 0 Å². The molecule has 1 saturated heterocycles. The maximum atomic E-state index is 10.8. The molecule has 0 unspecified atom stereocenters. The average Bonchev–Trinajstić information content (AvgIpc) is 2.82. The zero-order valence-corrected chi connectivity index (χ0v) is 10.2. The van der Waals surface area contributed by atoms with E-state index >= 15 is 0 Å². The third kappa shape index (κ3) is 2.22. The van der Waals surface area contributed by atoms with E-state index in [1.54, 1.807) is 0 Å². The van der Waals surface area contributed by atoms with Crippen LogP contribution in [0.15, 0.2) is 12.7 Å². The van der Waals surface area contributed by atoms with E-state index in [1.165, 1.54) is 17.2 Å². The summed E-state index contributed by atoms with van der Waals surface area (Å²) in [5, 5.41) is 8.84. The number of fused-ring (bicyclic) bond motifs is 1. The first-order valence-corrected chi connectivity index (χ1v) is 5.96. The number of morpholine rings is 1. The van der Waals surface area contributed by atoms with Crippen molar-refractivity contribution < 1.29 is 14.6 Å². The molecule has 0 radical (unpaired) electrons. The Morgan fingerprint density at radius 1 is 1.32 bits per heavy atom. The minimum Gasteiger partial charge on any atom is -0.480 e. The van der Waals surface area contributed by atoms with Crippen LogP contribution in [0.3, 0.4) is 0 Å². The van der Waals surface area contributed by atoms with Crippen LogP contribution in [0.5, 0.6) is 0 Å². The molecule has 0 spiro atoms. The van der Waals surface area contributed by atoms with Gasteiger partial charge in [-0.2, -0.15) is 0 Å². The predicted molar refractivity (Wildman–Crippen MR) is 66.0 cm³/mol.